The Balaban J connectivity index is 1.90. The van der Waals surface area contributed by atoms with E-state index < -0.39 is 5.97 Å². The zero-order valence-electron chi connectivity index (χ0n) is 17.0. The molecular weight excluding hydrogens is 388 g/mol. The summed E-state index contributed by atoms with van der Waals surface area (Å²) in [6, 6.07) is 7.35. The molecule has 2 aromatic rings. The summed E-state index contributed by atoms with van der Waals surface area (Å²) < 4.78 is 5.17. The molecule has 6 nitrogen and oxygen atoms in total. The fourth-order valence-corrected chi connectivity index (χ4v) is 4.64. The van der Waals surface area contributed by atoms with E-state index in [0.29, 0.717) is 21.0 Å². The van der Waals surface area contributed by atoms with Crippen molar-refractivity contribution in [1.82, 2.24) is 5.32 Å². The first-order valence-electron chi connectivity index (χ1n) is 9.90. The van der Waals surface area contributed by atoms with E-state index in [2.05, 4.69) is 10.6 Å². The molecule has 3 rings (SSSR count). The van der Waals surface area contributed by atoms with E-state index in [-0.39, 0.29) is 30.0 Å². The summed E-state index contributed by atoms with van der Waals surface area (Å²) in [7, 11) is 0. The standard InChI is InChI=1S/C22H26N2O4S/c1-4-28-22(27)17-14(3)18(20(26)23-16-10-5-6-11-16)29-21(17)24-19(25)15-9-7-8-13(2)12-15/h7-9,12,16H,4-6,10-11H2,1-3H3,(H,23,26)(H,24,25). The van der Waals surface area contributed by atoms with Gasteiger partial charge in [-0.3, -0.25) is 9.59 Å². The Morgan fingerprint density at radius 1 is 1.14 bits per heavy atom. The molecule has 0 bridgehead atoms. The van der Waals surface area contributed by atoms with E-state index in [4.69, 9.17) is 4.74 Å². The monoisotopic (exact) mass is 414 g/mol. The molecule has 1 saturated carbocycles. The van der Waals surface area contributed by atoms with Gasteiger partial charge in [0.25, 0.3) is 11.8 Å². The largest absolute Gasteiger partial charge is 0.462 e. The summed E-state index contributed by atoms with van der Waals surface area (Å²) in [5, 5.41) is 6.19. The SMILES string of the molecule is CCOC(=O)c1c(NC(=O)c2cccc(C)c2)sc(C(=O)NC2CCCC2)c1C. The smallest absolute Gasteiger partial charge is 0.341 e. The Morgan fingerprint density at radius 3 is 2.52 bits per heavy atom. The summed E-state index contributed by atoms with van der Waals surface area (Å²) in [6.07, 6.45) is 4.16. The minimum absolute atomic E-state index is 0.167. The average Bonchev–Trinajstić information content (AvgIpc) is 3.29. The van der Waals surface area contributed by atoms with E-state index in [1.54, 1.807) is 32.0 Å². The van der Waals surface area contributed by atoms with Crippen LogP contribution in [0.3, 0.4) is 0 Å². The number of nitrogens with one attached hydrogen (secondary N) is 2. The van der Waals surface area contributed by atoms with E-state index in [0.717, 1.165) is 42.6 Å². The van der Waals surface area contributed by atoms with Gasteiger partial charge in [-0.1, -0.05) is 30.5 Å². The molecule has 2 N–H and O–H groups in total. The number of carbonyl (C=O) groups is 3. The Labute approximate surface area is 174 Å². The van der Waals surface area contributed by atoms with Gasteiger partial charge in [-0.2, -0.15) is 0 Å². The van der Waals surface area contributed by atoms with Gasteiger partial charge < -0.3 is 15.4 Å². The fourth-order valence-electron chi connectivity index (χ4n) is 3.55. The highest BCUT2D eigenvalue weighted by Gasteiger charge is 2.28. The number of amides is 2. The number of rotatable bonds is 6. The molecule has 1 aliphatic rings. The number of carbonyl (C=O) groups excluding carboxylic acids is 3. The molecule has 1 aliphatic carbocycles. The first kappa shape index (κ1) is 21.0. The van der Waals surface area contributed by atoms with Gasteiger partial charge in [-0.05, 0) is 51.3 Å². The molecule has 1 aromatic carbocycles. The summed E-state index contributed by atoms with van der Waals surface area (Å²) in [5.41, 5.74) is 2.22. The third-order valence-corrected chi connectivity index (χ3v) is 6.24. The van der Waals surface area contributed by atoms with Gasteiger partial charge >= 0.3 is 5.97 Å². The van der Waals surface area contributed by atoms with Gasteiger partial charge in [0.05, 0.1) is 17.0 Å². The normalized spacial score (nSPS) is 13.9. The van der Waals surface area contributed by atoms with Crippen molar-refractivity contribution in [3.8, 4) is 0 Å². The maximum Gasteiger partial charge on any atom is 0.341 e. The molecule has 154 valence electrons. The zero-order chi connectivity index (χ0) is 21.0. The predicted molar refractivity (Wildman–Crippen MR) is 114 cm³/mol. The van der Waals surface area contributed by atoms with E-state index >= 15 is 0 Å². The van der Waals surface area contributed by atoms with Crippen LogP contribution in [-0.2, 0) is 4.74 Å². The lowest BCUT2D eigenvalue weighted by Gasteiger charge is -2.11. The number of esters is 1. The molecule has 1 heterocycles. The second-order valence-electron chi connectivity index (χ2n) is 7.26. The molecule has 0 radical (unpaired) electrons. The van der Waals surface area contributed by atoms with Crippen molar-refractivity contribution in [2.75, 3.05) is 11.9 Å². The number of hydrogen-bond donors (Lipinski definition) is 2. The highest BCUT2D eigenvalue weighted by molar-refractivity contribution is 7.18. The second kappa shape index (κ2) is 9.22. The fraction of sp³-hybridized carbons (Fsp3) is 0.409. The lowest BCUT2D eigenvalue weighted by atomic mass is 10.1. The first-order chi connectivity index (χ1) is 13.9. The van der Waals surface area contributed by atoms with Crippen LogP contribution in [0.4, 0.5) is 5.00 Å². The third-order valence-electron chi connectivity index (χ3n) is 5.03. The van der Waals surface area contributed by atoms with Gasteiger partial charge in [0.15, 0.2) is 0 Å². The summed E-state index contributed by atoms with van der Waals surface area (Å²) in [5.74, 6) is -1.08. The highest BCUT2D eigenvalue weighted by atomic mass is 32.1. The van der Waals surface area contributed by atoms with E-state index in [1.165, 1.54) is 0 Å². The molecule has 29 heavy (non-hydrogen) atoms. The summed E-state index contributed by atoms with van der Waals surface area (Å²) >= 11 is 1.11. The minimum Gasteiger partial charge on any atom is -0.462 e. The van der Waals surface area contributed by atoms with Crippen molar-refractivity contribution < 1.29 is 19.1 Å². The number of ether oxygens (including phenoxy) is 1. The van der Waals surface area contributed by atoms with Crippen LogP contribution >= 0.6 is 11.3 Å². The number of aryl methyl sites for hydroxylation is 1. The maximum absolute atomic E-state index is 12.8. The van der Waals surface area contributed by atoms with E-state index in [1.807, 2.05) is 13.0 Å². The Morgan fingerprint density at radius 2 is 1.86 bits per heavy atom. The average molecular weight is 415 g/mol. The van der Waals surface area contributed by atoms with Crippen molar-refractivity contribution >= 4 is 34.1 Å². The molecular formula is C22H26N2O4S. The van der Waals surface area contributed by atoms with Crippen LogP contribution in [0.2, 0.25) is 0 Å². The topological polar surface area (TPSA) is 84.5 Å². The number of anilines is 1. The summed E-state index contributed by atoms with van der Waals surface area (Å²) in [4.78, 5) is 38.5. The van der Waals surface area contributed by atoms with Crippen LogP contribution < -0.4 is 10.6 Å². The summed E-state index contributed by atoms with van der Waals surface area (Å²) in [6.45, 7) is 5.55. The number of benzene rings is 1. The van der Waals surface area contributed by atoms with Crippen molar-refractivity contribution in [2.24, 2.45) is 0 Å². The van der Waals surface area contributed by atoms with Crippen LogP contribution in [0.15, 0.2) is 24.3 Å². The van der Waals surface area contributed by atoms with Crippen LogP contribution in [0, 0.1) is 13.8 Å². The van der Waals surface area contributed by atoms with Crippen LogP contribution in [0.1, 0.15) is 74.1 Å². The second-order valence-corrected chi connectivity index (χ2v) is 8.28. The Hall–Kier alpha value is -2.67. The number of hydrogen-bond acceptors (Lipinski definition) is 5. The van der Waals surface area contributed by atoms with Gasteiger partial charge in [0.1, 0.15) is 5.00 Å². The Bertz CT molecular complexity index is 929. The molecule has 0 atom stereocenters. The van der Waals surface area contributed by atoms with E-state index in [9.17, 15) is 14.4 Å². The minimum atomic E-state index is -0.541. The van der Waals surface area contributed by atoms with Crippen molar-refractivity contribution in [3.05, 3.63) is 51.4 Å². The van der Waals surface area contributed by atoms with Crippen molar-refractivity contribution in [2.45, 2.75) is 52.5 Å². The third kappa shape index (κ3) is 4.85. The van der Waals surface area contributed by atoms with Crippen molar-refractivity contribution in [1.29, 1.82) is 0 Å². The molecule has 0 saturated heterocycles. The van der Waals surface area contributed by atoms with Crippen LogP contribution in [0.25, 0.3) is 0 Å². The Kier molecular flexibility index (Phi) is 6.69. The number of thiophene rings is 1. The van der Waals surface area contributed by atoms with Crippen LogP contribution in [-0.4, -0.2) is 30.4 Å². The van der Waals surface area contributed by atoms with Gasteiger partial charge in [-0.15, -0.1) is 11.3 Å². The molecule has 1 fully saturated rings. The predicted octanol–water partition coefficient (Wildman–Crippen LogP) is 4.47. The first-order valence-corrected chi connectivity index (χ1v) is 10.7. The molecule has 1 aromatic heterocycles. The van der Waals surface area contributed by atoms with Gasteiger partial charge in [0, 0.05) is 11.6 Å². The van der Waals surface area contributed by atoms with Gasteiger partial charge in [-0.25, -0.2) is 4.79 Å². The quantitative estimate of drug-likeness (QED) is 0.683. The van der Waals surface area contributed by atoms with Crippen molar-refractivity contribution in [3.63, 3.8) is 0 Å². The lowest BCUT2D eigenvalue weighted by Crippen LogP contribution is -2.32. The highest BCUT2D eigenvalue weighted by Crippen LogP contribution is 2.34. The zero-order valence-corrected chi connectivity index (χ0v) is 17.8. The van der Waals surface area contributed by atoms with Crippen LogP contribution in [0.5, 0.6) is 0 Å². The maximum atomic E-state index is 12.8. The molecule has 0 aliphatic heterocycles. The molecule has 0 unspecified atom stereocenters. The lowest BCUT2D eigenvalue weighted by molar-refractivity contribution is 0.0527. The molecule has 0 spiro atoms. The molecule has 2 amide bonds. The van der Waals surface area contributed by atoms with Gasteiger partial charge in [0.2, 0.25) is 0 Å². The molecule has 7 heteroatoms.